The van der Waals surface area contributed by atoms with Gasteiger partial charge in [0.1, 0.15) is 0 Å². The molecule has 0 aliphatic carbocycles. The molecule has 2 N–H and O–H groups in total. The molecule has 0 radical (unpaired) electrons. The first kappa shape index (κ1) is 5.37. The number of rotatable bonds is 2. The van der Waals surface area contributed by atoms with Gasteiger partial charge in [0.05, 0.1) is 12.0 Å². The van der Waals surface area contributed by atoms with Crippen LogP contribution in [-0.4, -0.2) is 11.8 Å². The molecule has 1 atom stereocenters. The third kappa shape index (κ3) is 1.31. The maximum atomic E-state index is 5.28. The van der Waals surface area contributed by atoms with Gasteiger partial charge in [0, 0.05) is 6.61 Å². The summed E-state index contributed by atoms with van der Waals surface area (Å²) in [7, 11) is 0. The van der Waals surface area contributed by atoms with Crippen molar-refractivity contribution < 1.29 is 8.92 Å². The second kappa shape index (κ2) is 1.63. The highest BCUT2D eigenvalue weighted by Crippen LogP contribution is 2.42. The van der Waals surface area contributed by atoms with Gasteiger partial charge >= 0.3 is 5.24 Å². The monoisotopic (exact) mass is 121 g/mol. The third-order valence-corrected chi connectivity index (χ3v) is 1.21. The van der Waals surface area contributed by atoms with Crippen LogP contribution in [0.3, 0.4) is 0 Å². The van der Waals surface area contributed by atoms with Crippen LogP contribution >= 0.6 is 12.0 Å². The molecule has 1 aliphatic heterocycles. The van der Waals surface area contributed by atoms with Crippen LogP contribution < -0.4 is 5.73 Å². The molecule has 1 saturated heterocycles. The van der Waals surface area contributed by atoms with Crippen molar-refractivity contribution in [2.24, 2.45) is 5.73 Å². The SMILES string of the molecule is CCOC1(N)OS1. The second-order valence-corrected chi connectivity index (χ2v) is 2.11. The topological polar surface area (TPSA) is 47.8 Å². The fourth-order valence-electron chi connectivity index (χ4n) is 0.290. The quantitative estimate of drug-likeness (QED) is 0.323. The first-order valence-electron chi connectivity index (χ1n) is 2.06. The summed E-state index contributed by atoms with van der Waals surface area (Å²) in [5, 5.41) is -0.783. The van der Waals surface area contributed by atoms with Gasteiger partial charge in [-0.05, 0) is 6.92 Å². The first-order valence-corrected chi connectivity index (χ1v) is 2.81. The molecule has 3 nitrogen and oxygen atoms in total. The molecule has 0 aromatic rings. The van der Waals surface area contributed by atoms with Gasteiger partial charge in [-0.1, -0.05) is 0 Å². The highest BCUT2D eigenvalue weighted by Gasteiger charge is 2.44. The van der Waals surface area contributed by atoms with Gasteiger partial charge in [-0.15, -0.1) is 0 Å². The van der Waals surface area contributed by atoms with E-state index in [1.165, 1.54) is 0 Å². The Morgan fingerprint density at radius 1 is 2.00 bits per heavy atom. The van der Waals surface area contributed by atoms with E-state index in [4.69, 9.17) is 10.5 Å². The molecule has 1 unspecified atom stereocenters. The summed E-state index contributed by atoms with van der Waals surface area (Å²) >= 11 is 1.15. The van der Waals surface area contributed by atoms with Crippen LogP contribution in [0.4, 0.5) is 0 Å². The van der Waals surface area contributed by atoms with Crippen molar-refractivity contribution in [3.63, 3.8) is 0 Å². The van der Waals surface area contributed by atoms with E-state index in [-0.39, 0.29) is 0 Å². The van der Waals surface area contributed by atoms with Gasteiger partial charge in [0.25, 0.3) is 0 Å². The molecule has 42 valence electrons. The molecule has 1 rings (SSSR count). The molecule has 0 bridgehead atoms. The van der Waals surface area contributed by atoms with Gasteiger partial charge in [-0.3, -0.25) is 5.73 Å². The Hall–Kier alpha value is 0.230. The van der Waals surface area contributed by atoms with E-state index in [2.05, 4.69) is 4.18 Å². The summed E-state index contributed by atoms with van der Waals surface area (Å²) < 4.78 is 9.47. The molecular weight excluding hydrogens is 114 g/mol. The van der Waals surface area contributed by atoms with Crippen LogP contribution in [0.2, 0.25) is 0 Å². The summed E-state index contributed by atoms with van der Waals surface area (Å²) in [6.45, 7) is 2.47. The molecule has 4 heteroatoms. The van der Waals surface area contributed by atoms with Crippen LogP contribution in [0.1, 0.15) is 6.92 Å². The van der Waals surface area contributed by atoms with E-state index in [1.54, 1.807) is 0 Å². The number of nitrogens with two attached hydrogens (primary N) is 1. The number of ether oxygens (including phenoxy) is 1. The molecule has 0 aromatic carbocycles. The summed E-state index contributed by atoms with van der Waals surface area (Å²) in [6.07, 6.45) is 0. The van der Waals surface area contributed by atoms with Gasteiger partial charge < -0.3 is 4.74 Å². The predicted molar refractivity (Wildman–Crippen MR) is 27.2 cm³/mol. The summed E-state index contributed by atoms with van der Waals surface area (Å²) in [4.78, 5) is 0. The average Bonchev–Trinajstić information content (AvgIpc) is 2.22. The van der Waals surface area contributed by atoms with Crippen LogP contribution in [-0.2, 0) is 8.92 Å². The summed E-state index contributed by atoms with van der Waals surface area (Å²) in [5.74, 6) is 0. The standard InChI is InChI=1S/C3H7NO2S/c1-2-5-3(4)6-7-3/h2,4H2,1H3. The molecule has 0 amide bonds. The third-order valence-electron chi connectivity index (χ3n) is 0.593. The molecule has 0 aromatic heterocycles. The van der Waals surface area contributed by atoms with Crippen molar-refractivity contribution in [1.29, 1.82) is 0 Å². The fourth-order valence-corrected chi connectivity index (χ4v) is 0.587. The molecule has 0 saturated carbocycles. The summed E-state index contributed by atoms with van der Waals surface area (Å²) in [6, 6.07) is 0. The minimum absolute atomic E-state index is 0.601. The average molecular weight is 121 g/mol. The Labute approximate surface area is 46.4 Å². The van der Waals surface area contributed by atoms with E-state index < -0.39 is 5.24 Å². The van der Waals surface area contributed by atoms with Crippen molar-refractivity contribution in [2.75, 3.05) is 6.61 Å². The highest BCUT2D eigenvalue weighted by molar-refractivity contribution is 8.01. The van der Waals surface area contributed by atoms with Gasteiger partial charge in [-0.25, -0.2) is 4.18 Å². The highest BCUT2D eigenvalue weighted by atomic mass is 32.2. The van der Waals surface area contributed by atoms with Crippen molar-refractivity contribution in [3.05, 3.63) is 0 Å². The van der Waals surface area contributed by atoms with Crippen molar-refractivity contribution in [2.45, 2.75) is 12.2 Å². The Morgan fingerprint density at radius 3 is 2.71 bits per heavy atom. The Balaban J connectivity index is 2.13. The maximum Gasteiger partial charge on any atom is 0.314 e. The Bertz CT molecular complexity index is 73.3. The van der Waals surface area contributed by atoms with E-state index in [0.717, 1.165) is 12.0 Å². The lowest BCUT2D eigenvalue weighted by molar-refractivity contribution is -0.0311. The van der Waals surface area contributed by atoms with E-state index in [0.29, 0.717) is 6.61 Å². The van der Waals surface area contributed by atoms with Crippen molar-refractivity contribution in [1.82, 2.24) is 0 Å². The zero-order chi connectivity index (χ0) is 5.33. The van der Waals surface area contributed by atoms with Crippen LogP contribution in [0.15, 0.2) is 0 Å². The molecule has 1 heterocycles. The molecular formula is C3H7NO2S. The van der Waals surface area contributed by atoms with Gasteiger partial charge in [-0.2, -0.15) is 0 Å². The zero-order valence-electron chi connectivity index (χ0n) is 4.01. The Morgan fingerprint density at radius 2 is 2.57 bits per heavy atom. The molecule has 7 heavy (non-hydrogen) atoms. The first-order chi connectivity index (χ1) is 3.27. The van der Waals surface area contributed by atoms with Gasteiger partial charge in [0.15, 0.2) is 0 Å². The van der Waals surface area contributed by atoms with E-state index >= 15 is 0 Å². The van der Waals surface area contributed by atoms with Gasteiger partial charge in [0.2, 0.25) is 0 Å². The van der Waals surface area contributed by atoms with E-state index in [9.17, 15) is 0 Å². The van der Waals surface area contributed by atoms with Crippen LogP contribution in [0.5, 0.6) is 0 Å². The maximum absolute atomic E-state index is 5.28. The van der Waals surface area contributed by atoms with Crippen molar-refractivity contribution in [3.8, 4) is 0 Å². The van der Waals surface area contributed by atoms with Crippen molar-refractivity contribution >= 4 is 12.0 Å². The lowest BCUT2D eigenvalue weighted by Crippen LogP contribution is -2.24. The smallest absolute Gasteiger partial charge is 0.314 e. The fraction of sp³-hybridized carbons (Fsp3) is 1.00. The number of hydrogen-bond donors (Lipinski definition) is 1. The van der Waals surface area contributed by atoms with Crippen LogP contribution in [0.25, 0.3) is 0 Å². The zero-order valence-corrected chi connectivity index (χ0v) is 4.83. The molecule has 1 fully saturated rings. The molecule has 0 spiro atoms. The molecule has 1 aliphatic rings. The largest absolute Gasteiger partial charge is 0.327 e. The number of hydrogen-bond acceptors (Lipinski definition) is 4. The predicted octanol–water partition coefficient (Wildman–Crippen LogP) is 0.271. The Kier molecular flexibility index (Phi) is 1.25. The van der Waals surface area contributed by atoms with E-state index in [1.807, 2.05) is 6.92 Å². The summed E-state index contributed by atoms with van der Waals surface area (Å²) in [5.41, 5.74) is 5.28. The second-order valence-electron chi connectivity index (χ2n) is 1.20. The lowest BCUT2D eigenvalue weighted by atomic mass is 10.9. The minimum Gasteiger partial charge on any atom is -0.327 e. The minimum atomic E-state index is -0.783. The van der Waals surface area contributed by atoms with Crippen LogP contribution in [0, 0.1) is 0 Å². The normalized spacial score (nSPS) is 38.6. The lowest BCUT2D eigenvalue weighted by Gasteiger charge is -1.98.